The number of nitriles is 1. The summed E-state index contributed by atoms with van der Waals surface area (Å²) < 4.78 is 14.4. The average molecular weight is 275 g/mol. The number of halogens is 1. The minimum atomic E-state index is -0.381. The molecule has 4 heteroatoms. The highest BCUT2D eigenvalue weighted by atomic mass is 19.1. The second-order valence-corrected chi connectivity index (χ2v) is 4.42. The molecular formula is C17H10FN3. The minimum absolute atomic E-state index is 0.381. The van der Waals surface area contributed by atoms with Crippen molar-refractivity contribution in [1.82, 2.24) is 9.97 Å². The van der Waals surface area contributed by atoms with Gasteiger partial charge in [-0.15, -0.1) is 0 Å². The van der Waals surface area contributed by atoms with Gasteiger partial charge in [0.25, 0.3) is 0 Å². The topological polar surface area (TPSA) is 49.6 Å². The summed E-state index contributed by atoms with van der Waals surface area (Å²) in [5, 5.41) is 9.33. The largest absolute Gasteiger partial charge is 0.245 e. The molecule has 3 nitrogen and oxygen atoms in total. The van der Waals surface area contributed by atoms with Gasteiger partial charge in [-0.25, -0.2) is 14.4 Å². The summed E-state index contributed by atoms with van der Waals surface area (Å²) in [6.45, 7) is 0. The van der Waals surface area contributed by atoms with Crippen molar-refractivity contribution in [2.45, 2.75) is 0 Å². The summed E-state index contributed by atoms with van der Waals surface area (Å²) in [5.41, 5.74) is 2.49. The number of benzene rings is 2. The van der Waals surface area contributed by atoms with E-state index in [-0.39, 0.29) is 5.82 Å². The van der Waals surface area contributed by atoms with Crippen LogP contribution in [0.5, 0.6) is 0 Å². The van der Waals surface area contributed by atoms with Crippen molar-refractivity contribution in [2.24, 2.45) is 0 Å². The predicted molar refractivity (Wildman–Crippen MR) is 77.6 cm³/mol. The van der Waals surface area contributed by atoms with Crippen LogP contribution in [0.15, 0.2) is 61.1 Å². The molecule has 0 aliphatic rings. The summed E-state index contributed by atoms with van der Waals surface area (Å²) in [6, 6.07) is 15.7. The SMILES string of the molecule is N#Cc1ccc(F)c(-c2ccccc2)c1-c1ccncn1. The summed E-state index contributed by atoms with van der Waals surface area (Å²) in [6.07, 6.45) is 2.96. The summed E-state index contributed by atoms with van der Waals surface area (Å²) in [4.78, 5) is 8.02. The van der Waals surface area contributed by atoms with Gasteiger partial charge in [-0.05, 0) is 23.8 Å². The van der Waals surface area contributed by atoms with Gasteiger partial charge in [-0.3, -0.25) is 0 Å². The highest BCUT2D eigenvalue weighted by Crippen LogP contribution is 2.35. The van der Waals surface area contributed by atoms with Crippen LogP contribution in [0.2, 0.25) is 0 Å². The first-order chi connectivity index (χ1) is 10.3. The number of hydrogen-bond donors (Lipinski definition) is 0. The van der Waals surface area contributed by atoms with E-state index in [1.165, 1.54) is 18.5 Å². The van der Waals surface area contributed by atoms with E-state index >= 15 is 0 Å². The van der Waals surface area contributed by atoms with E-state index in [0.717, 1.165) is 0 Å². The number of hydrogen-bond acceptors (Lipinski definition) is 3. The van der Waals surface area contributed by atoms with E-state index in [0.29, 0.717) is 27.9 Å². The molecule has 2 aromatic carbocycles. The summed E-state index contributed by atoms with van der Waals surface area (Å²) in [7, 11) is 0. The highest BCUT2D eigenvalue weighted by molar-refractivity contribution is 5.86. The molecule has 21 heavy (non-hydrogen) atoms. The Bertz CT molecular complexity index is 809. The maximum absolute atomic E-state index is 14.4. The van der Waals surface area contributed by atoms with Crippen molar-refractivity contribution < 1.29 is 4.39 Å². The molecule has 0 radical (unpaired) electrons. The molecule has 0 aliphatic carbocycles. The molecule has 0 atom stereocenters. The van der Waals surface area contributed by atoms with Crippen molar-refractivity contribution in [3.63, 3.8) is 0 Å². The second kappa shape index (κ2) is 5.51. The molecule has 1 aromatic heterocycles. The van der Waals surface area contributed by atoms with Crippen molar-refractivity contribution in [3.8, 4) is 28.5 Å². The molecule has 0 bridgehead atoms. The van der Waals surface area contributed by atoms with Crippen LogP contribution in [0.4, 0.5) is 4.39 Å². The van der Waals surface area contributed by atoms with E-state index in [9.17, 15) is 9.65 Å². The Morgan fingerprint density at radius 1 is 0.952 bits per heavy atom. The van der Waals surface area contributed by atoms with Gasteiger partial charge in [-0.1, -0.05) is 30.3 Å². The van der Waals surface area contributed by atoms with Gasteiger partial charge in [0.2, 0.25) is 0 Å². The minimum Gasteiger partial charge on any atom is -0.245 e. The molecule has 0 N–H and O–H groups in total. The maximum Gasteiger partial charge on any atom is 0.131 e. The van der Waals surface area contributed by atoms with Gasteiger partial charge in [0.05, 0.1) is 17.3 Å². The van der Waals surface area contributed by atoms with Gasteiger partial charge in [-0.2, -0.15) is 5.26 Å². The maximum atomic E-state index is 14.4. The zero-order valence-corrected chi connectivity index (χ0v) is 11.0. The third kappa shape index (κ3) is 2.37. The normalized spacial score (nSPS) is 10.1. The smallest absolute Gasteiger partial charge is 0.131 e. The quantitative estimate of drug-likeness (QED) is 0.714. The van der Waals surface area contributed by atoms with Gasteiger partial charge in [0.15, 0.2) is 0 Å². The Kier molecular flexibility index (Phi) is 3.40. The molecule has 0 unspecified atom stereocenters. The molecule has 0 spiro atoms. The molecule has 1 heterocycles. The molecule has 3 rings (SSSR count). The number of aromatic nitrogens is 2. The van der Waals surface area contributed by atoms with Crippen molar-refractivity contribution >= 4 is 0 Å². The monoisotopic (exact) mass is 275 g/mol. The third-order valence-electron chi connectivity index (χ3n) is 3.18. The van der Waals surface area contributed by atoms with E-state index < -0.39 is 0 Å². The van der Waals surface area contributed by atoms with Crippen LogP contribution in [0.3, 0.4) is 0 Å². The average Bonchev–Trinajstić information content (AvgIpc) is 2.56. The van der Waals surface area contributed by atoms with Crippen LogP contribution in [-0.4, -0.2) is 9.97 Å². The standard InChI is InChI=1S/C17H10FN3/c18-14-7-6-13(10-19)17(15-8-9-20-11-21-15)16(14)12-4-2-1-3-5-12/h1-9,11H. The summed E-state index contributed by atoms with van der Waals surface area (Å²) in [5.74, 6) is -0.381. The van der Waals surface area contributed by atoms with E-state index in [2.05, 4.69) is 16.0 Å². The highest BCUT2D eigenvalue weighted by Gasteiger charge is 2.17. The fourth-order valence-electron chi connectivity index (χ4n) is 2.26. The fourth-order valence-corrected chi connectivity index (χ4v) is 2.26. The Balaban J connectivity index is 2.37. The van der Waals surface area contributed by atoms with Crippen LogP contribution < -0.4 is 0 Å². The molecule has 100 valence electrons. The Morgan fingerprint density at radius 2 is 1.76 bits per heavy atom. The number of nitrogens with zero attached hydrogens (tertiary/aromatic N) is 3. The van der Waals surface area contributed by atoms with Crippen molar-refractivity contribution in [3.05, 3.63) is 72.4 Å². The first-order valence-corrected chi connectivity index (χ1v) is 6.35. The Hall–Kier alpha value is -3.06. The zero-order valence-electron chi connectivity index (χ0n) is 11.0. The lowest BCUT2D eigenvalue weighted by Crippen LogP contribution is -1.96. The van der Waals surface area contributed by atoms with Crippen molar-refractivity contribution in [1.29, 1.82) is 5.26 Å². The van der Waals surface area contributed by atoms with E-state index in [4.69, 9.17) is 0 Å². The third-order valence-corrected chi connectivity index (χ3v) is 3.18. The molecule has 0 aliphatic heterocycles. The lowest BCUT2D eigenvalue weighted by molar-refractivity contribution is 0.631. The van der Waals surface area contributed by atoms with E-state index in [1.54, 1.807) is 12.3 Å². The first-order valence-electron chi connectivity index (χ1n) is 6.35. The predicted octanol–water partition coefficient (Wildman–Crippen LogP) is 3.82. The van der Waals surface area contributed by atoms with Gasteiger partial charge >= 0.3 is 0 Å². The van der Waals surface area contributed by atoms with Gasteiger partial charge < -0.3 is 0 Å². The lowest BCUT2D eigenvalue weighted by Gasteiger charge is -2.12. The van der Waals surface area contributed by atoms with Crippen LogP contribution in [0.25, 0.3) is 22.4 Å². The second-order valence-electron chi connectivity index (χ2n) is 4.42. The zero-order chi connectivity index (χ0) is 14.7. The molecular weight excluding hydrogens is 265 g/mol. The van der Waals surface area contributed by atoms with Crippen LogP contribution >= 0.6 is 0 Å². The Morgan fingerprint density at radius 3 is 2.43 bits per heavy atom. The number of rotatable bonds is 2. The molecule has 0 saturated heterocycles. The molecule has 0 amide bonds. The molecule has 0 saturated carbocycles. The van der Waals surface area contributed by atoms with Gasteiger partial charge in [0, 0.05) is 17.3 Å². The van der Waals surface area contributed by atoms with Crippen LogP contribution in [0, 0.1) is 17.1 Å². The van der Waals surface area contributed by atoms with Crippen LogP contribution in [-0.2, 0) is 0 Å². The van der Waals surface area contributed by atoms with E-state index in [1.807, 2.05) is 30.3 Å². The lowest BCUT2D eigenvalue weighted by atomic mass is 9.93. The summed E-state index contributed by atoms with van der Waals surface area (Å²) >= 11 is 0. The van der Waals surface area contributed by atoms with Crippen LogP contribution in [0.1, 0.15) is 5.56 Å². The first kappa shape index (κ1) is 12.9. The molecule has 3 aromatic rings. The Labute approximate surface area is 121 Å². The fraction of sp³-hybridized carbons (Fsp3) is 0. The molecule has 0 fully saturated rings. The van der Waals surface area contributed by atoms with Crippen molar-refractivity contribution in [2.75, 3.05) is 0 Å². The van der Waals surface area contributed by atoms with Gasteiger partial charge in [0.1, 0.15) is 12.1 Å².